The lowest BCUT2D eigenvalue weighted by molar-refractivity contribution is 0.103. The molecular weight excluding hydrogens is 308 g/mol. The van der Waals surface area contributed by atoms with Gasteiger partial charge in [0.05, 0.1) is 10.9 Å². The molecule has 2 aliphatic rings. The molecule has 6 heteroatoms. The van der Waals surface area contributed by atoms with Gasteiger partial charge in [-0.25, -0.2) is 0 Å². The molecule has 1 atom stereocenters. The van der Waals surface area contributed by atoms with Gasteiger partial charge in [-0.1, -0.05) is 6.42 Å². The average molecular weight is 330 g/mol. The number of carbonyl (C=O) groups excluding carboxylic acids is 1. The molecule has 2 aromatic rings. The molecule has 0 radical (unpaired) electrons. The van der Waals surface area contributed by atoms with Gasteiger partial charge in [-0.2, -0.15) is 5.10 Å². The van der Waals surface area contributed by atoms with Gasteiger partial charge in [0.1, 0.15) is 0 Å². The number of carbonyl (C=O) groups is 1. The van der Waals surface area contributed by atoms with Gasteiger partial charge in [-0.05, 0) is 50.3 Å². The molecule has 1 aliphatic heterocycles. The minimum absolute atomic E-state index is 0.0297. The van der Waals surface area contributed by atoms with Crippen LogP contribution in [0.2, 0.25) is 0 Å². The van der Waals surface area contributed by atoms with Crippen LogP contribution in [0.5, 0.6) is 0 Å². The van der Waals surface area contributed by atoms with E-state index in [2.05, 4.69) is 21.8 Å². The topological polar surface area (TPSA) is 59.0 Å². The smallest absolute Gasteiger partial charge is 0.266 e. The number of amides is 1. The number of hydrogen-bond donors (Lipinski definition) is 2. The van der Waals surface area contributed by atoms with E-state index in [0.29, 0.717) is 11.9 Å². The maximum atomic E-state index is 12.5. The van der Waals surface area contributed by atoms with Crippen LogP contribution in [-0.2, 0) is 12.8 Å². The fourth-order valence-corrected chi connectivity index (χ4v) is 4.58. The van der Waals surface area contributed by atoms with Crippen molar-refractivity contribution >= 4 is 23.1 Å². The molecule has 2 N–H and O–H groups in total. The van der Waals surface area contributed by atoms with Crippen molar-refractivity contribution in [2.45, 2.75) is 44.6 Å². The van der Waals surface area contributed by atoms with Crippen LogP contribution in [0.4, 0.5) is 5.82 Å². The van der Waals surface area contributed by atoms with Gasteiger partial charge in [0.2, 0.25) is 0 Å². The maximum absolute atomic E-state index is 12.5. The summed E-state index contributed by atoms with van der Waals surface area (Å²) in [5.41, 5.74) is 1.38. The van der Waals surface area contributed by atoms with E-state index in [1.165, 1.54) is 29.7 Å². The summed E-state index contributed by atoms with van der Waals surface area (Å²) in [4.78, 5) is 14.7. The van der Waals surface area contributed by atoms with E-state index >= 15 is 0 Å². The normalized spacial score (nSPS) is 21.0. The molecule has 1 unspecified atom stereocenters. The number of hydrogen-bond acceptors (Lipinski definition) is 4. The number of aromatic nitrogens is 2. The first-order chi connectivity index (χ1) is 11.3. The molecule has 1 fully saturated rings. The molecule has 0 saturated carbocycles. The van der Waals surface area contributed by atoms with Crippen molar-refractivity contribution in [1.82, 2.24) is 15.1 Å². The predicted molar refractivity (Wildman–Crippen MR) is 92.3 cm³/mol. The SMILES string of the molecule is O=C(Nc1ccn(C2CCNC2)n1)c1cc2c(s1)CCCCC2. The fourth-order valence-electron chi connectivity index (χ4n) is 3.43. The molecule has 122 valence electrons. The monoisotopic (exact) mass is 330 g/mol. The molecule has 5 nitrogen and oxygen atoms in total. The van der Waals surface area contributed by atoms with Crippen LogP contribution < -0.4 is 10.6 Å². The molecule has 0 aromatic carbocycles. The van der Waals surface area contributed by atoms with E-state index in [1.54, 1.807) is 11.3 Å². The summed E-state index contributed by atoms with van der Waals surface area (Å²) in [6.07, 6.45) is 9.07. The molecule has 23 heavy (non-hydrogen) atoms. The van der Waals surface area contributed by atoms with E-state index in [9.17, 15) is 4.79 Å². The van der Waals surface area contributed by atoms with Gasteiger partial charge in [-0.15, -0.1) is 11.3 Å². The van der Waals surface area contributed by atoms with Crippen LogP contribution in [0.25, 0.3) is 0 Å². The lowest BCUT2D eigenvalue weighted by Crippen LogP contribution is -2.15. The highest BCUT2D eigenvalue weighted by Crippen LogP contribution is 2.29. The zero-order valence-corrected chi connectivity index (χ0v) is 14.0. The molecule has 0 spiro atoms. The van der Waals surface area contributed by atoms with Crippen molar-refractivity contribution in [3.8, 4) is 0 Å². The Morgan fingerprint density at radius 1 is 1.35 bits per heavy atom. The zero-order valence-electron chi connectivity index (χ0n) is 13.2. The van der Waals surface area contributed by atoms with Crippen molar-refractivity contribution < 1.29 is 4.79 Å². The fraction of sp³-hybridized carbons (Fsp3) is 0.529. The van der Waals surface area contributed by atoms with Crippen LogP contribution in [0.1, 0.15) is 51.8 Å². The Hall–Kier alpha value is -1.66. The van der Waals surface area contributed by atoms with Gasteiger partial charge in [-0.3, -0.25) is 9.48 Å². The summed E-state index contributed by atoms with van der Waals surface area (Å²) < 4.78 is 1.96. The van der Waals surface area contributed by atoms with E-state index in [-0.39, 0.29) is 5.91 Å². The van der Waals surface area contributed by atoms with E-state index < -0.39 is 0 Å². The summed E-state index contributed by atoms with van der Waals surface area (Å²) in [5.74, 6) is 0.614. The molecule has 1 saturated heterocycles. The minimum atomic E-state index is -0.0297. The Balaban J connectivity index is 1.45. The molecule has 1 aliphatic carbocycles. The third-order valence-corrected chi connectivity index (χ3v) is 5.96. The van der Waals surface area contributed by atoms with Crippen molar-refractivity contribution in [3.05, 3.63) is 33.6 Å². The maximum Gasteiger partial charge on any atom is 0.266 e. The van der Waals surface area contributed by atoms with Crippen LogP contribution in [-0.4, -0.2) is 28.8 Å². The third kappa shape index (κ3) is 3.19. The lowest BCUT2D eigenvalue weighted by Gasteiger charge is -2.08. The second-order valence-electron chi connectivity index (χ2n) is 6.40. The van der Waals surface area contributed by atoms with E-state index in [1.807, 2.05) is 16.9 Å². The summed E-state index contributed by atoms with van der Waals surface area (Å²) >= 11 is 1.65. The Kier molecular flexibility index (Phi) is 4.18. The van der Waals surface area contributed by atoms with Crippen LogP contribution in [0, 0.1) is 0 Å². The summed E-state index contributed by atoms with van der Waals surface area (Å²) in [6, 6.07) is 4.37. The van der Waals surface area contributed by atoms with Gasteiger partial charge in [0.25, 0.3) is 5.91 Å². The van der Waals surface area contributed by atoms with Crippen LogP contribution >= 0.6 is 11.3 Å². The summed E-state index contributed by atoms with van der Waals surface area (Å²) in [5, 5.41) is 10.8. The van der Waals surface area contributed by atoms with Gasteiger partial charge in [0.15, 0.2) is 5.82 Å². The second kappa shape index (κ2) is 6.45. The van der Waals surface area contributed by atoms with Crippen LogP contribution in [0.15, 0.2) is 18.3 Å². The third-order valence-electron chi connectivity index (χ3n) is 4.73. The standard InChI is InChI=1S/C17H22N4OS/c22-17(15-10-12-4-2-1-3-5-14(12)23-15)19-16-7-9-21(20-16)13-6-8-18-11-13/h7,9-10,13,18H,1-6,8,11H2,(H,19,20,22). The Labute approximate surface area is 140 Å². The Morgan fingerprint density at radius 3 is 3.13 bits per heavy atom. The lowest BCUT2D eigenvalue weighted by atomic mass is 10.1. The number of thiophene rings is 1. The summed E-state index contributed by atoms with van der Waals surface area (Å²) in [7, 11) is 0. The first-order valence-electron chi connectivity index (χ1n) is 8.48. The first-order valence-corrected chi connectivity index (χ1v) is 9.30. The number of anilines is 1. The van der Waals surface area contributed by atoms with Gasteiger partial charge in [0, 0.05) is 23.7 Å². The highest BCUT2D eigenvalue weighted by atomic mass is 32.1. The van der Waals surface area contributed by atoms with Crippen molar-refractivity contribution in [2.24, 2.45) is 0 Å². The number of aryl methyl sites for hydroxylation is 2. The molecule has 3 heterocycles. The Morgan fingerprint density at radius 2 is 2.26 bits per heavy atom. The number of nitrogens with zero attached hydrogens (tertiary/aromatic N) is 2. The number of rotatable bonds is 3. The number of nitrogens with one attached hydrogen (secondary N) is 2. The largest absolute Gasteiger partial charge is 0.315 e. The molecule has 4 rings (SSSR count). The van der Waals surface area contributed by atoms with Gasteiger partial charge >= 0.3 is 0 Å². The Bertz CT molecular complexity index is 676. The van der Waals surface area contributed by atoms with E-state index in [0.717, 1.165) is 37.2 Å². The van der Waals surface area contributed by atoms with Crippen molar-refractivity contribution in [1.29, 1.82) is 0 Å². The summed E-state index contributed by atoms with van der Waals surface area (Å²) in [6.45, 7) is 1.99. The second-order valence-corrected chi connectivity index (χ2v) is 7.54. The molecule has 0 bridgehead atoms. The number of fused-ring (bicyclic) bond motifs is 1. The van der Waals surface area contributed by atoms with Crippen molar-refractivity contribution in [2.75, 3.05) is 18.4 Å². The van der Waals surface area contributed by atoms with E-state index in [4.69, 9.17) is 0 Å². The van der Waals surface area contributed by atoms with Crippen molar-refractivity contribution in [3.63, 3.8) is 0 Å². The highest BCUT2D eigenvalue weighted by Gasteiger charge is 2.19. The first kappa shape index (κ1) is 14.9. The van der Waals surface area contributed by atoms with Gasteiger partial charge < -0.3 is 10.6 Å². The predicted octanol–water partition coefficient (Wildman–Crippen LogP) is 3.00. The molecule has 1 amide bonds. The molecule has 2 aromatic heterocycles. The quantitative estimate of drug-likeness (QED) is 0.851. The highest BCUT2D eigenvalue weighted by molar-refractivity contribution is 7.14. The minimum Gasteiger partial charge on any atom is -0.315 e. The average Bonchev–Trinajstić information content (AvgIpc) is 3.26. The van der Waals surface area contributed by atoms with Crippen LogP contribution in [0.3, 0.4) is 0 Å². The molecular formula is C17H22N4OS. The zero-order chi connectivity index (χ0) is 15.6.